The minimum Gasteiger partial charge on any atom is -0.480 e. The van der Waals surface area contributed by atoms with Crippen LogP contribution in [-0.4, -0.2) is 143 Å². The first-order valence-corrected chi connectivity index (χ1v) is 11.9. The number of rotatable bonds is 30. The summed E-state index contributed by atoms with van der Waals surface area (Å²) in [4.78, 5) is 21.0. The third kappa shape index (κ3) is 30.4. The van der Waals surface area contributed by atoms with Gasteiger partial charge in [0.15, 0.2) is 0 Å². The van der Waals surface area contributed by atoms with Gasteiger partial charge in [0.05, 0.1) is 112 Å². The number of hydrogen-bond donors (Lipinski definition) is 1. The first-order valence-electron chi connectivity index (χ1n) is 11.9. The van der Waals surface area contributed by atoms with Crippen molar-refractivity contribution in [2.45, 2.75) is 0 Å². The van der Waals surface area contributed by atoms with Crippen LogP contribution in [0.1, 0.15) is 0 Å². The van der Waals surface area contributed by atoms with Crippen molar-refractivity contribution in [3.05, 3.63) is 12.7 Å². The minimum absolute atomic E-state index is 0.193. The van der Waals surface area contributed by atoms with E-state index in [1.807, 2.05) is 0 Å². The summed E-state index contributed by atoms with van der Waals surface area (Å²) in [6.07, 6.45) is 1.11. The van der Waals surface area contributed by atoms with Crippen LogP contribution in [0.5, 0.6) is 0 Å². The summed E-state index contributed by atoms with van der Waals surface area (Å²) in [5.41, 5.74) is 0. The van der Waals surface area contributed by atoms with Crippen molar-refractivity contribution in [2.75, 3.05) is 126 Å². The molecule has 0 aromatic carbocycles. The molecule has 36 heavy (non-hydrogen) atoms. The van der Waals surface area contributed by atoms with Gasteiger partial charge in [0, 0.05) is 6.08 Å². The molecule has 0 unspecified atom stereocenters. The molecule has 0 bridgehead atoms. The van der Waals surface area contributed by atoms with Gasteiger partial charge in [-0.3, -0.25) is 0 Å². The Hall–Kier alpha value is -1.68. The SMILES string of the molecule is C=CC(=O)OCCOCCOCCOCCOCCOCCOCCOCCOCCOCC(=O)O. The fraction of sp³-hybridized carbons (Fsp3) is 0.826. The number of ether oxygens (including phenoxy) is 10. The number of carboxylic acid groups (broad SMARTS) is 1. The highest BCUT2D eigenvalue weighted by Gasteiger charge is 1.98. The number of carbonyl (C=O) groups excluding carboxylic acids is 1. The van der Waals surface area contributed by atoms with Crippen molar-refractivity contribution in [3.8, 4) is 0 Å². The van der Waals surface area contributed by atoms with Gasteiger partial charge < -0.3 is 52.5 Å². The maximum Gasteiger partial charge on any atom is 0.330 e. The molecule has 0 atom stereocenters. The summed E-state index contributed by atoms with van der Waals surface area (Å²) in [5.74, 6) is -1.46. The quantitative estimate of drug-likeness (QED) is 0.0758. The topological polar surface area (TPSA) is 147 Å². The minimum atomic E-state index is -0.999. The summed E-state index contributed by atoms with van der Waals surface area (Å²) in [7, 11) is 0. The predicted octanol–water partition coefficient (Wildman–Crippen LogP) is -0.0504. The van der Waals surface area contributed by atoms with Crippen LogP contribution in [0.4, 0.5) is 0 Å². The van der Waals surface area contributed by atoms with Crippen molar-refractivity contribution in [2.24, 2.45) is 0 Å². The molecule has 0 radical (unpaired) electrons. The maximum absolute atomic E-state index is 10.8. The highest BCUT2D eigenvalue weighted by molar-refractivity contribution is 5.81. The van der Waals surface area contributed by atoms with Crippen molar-refractivity contribution < 1.29 is 62.1 Å². The zero-order valence-electron chi connectivity index (χ0n) is 21.1. The van der Waals surface area contributed by atoms with Gasteiger partial charge in [-0.05, 0) is 0 Å². The van der Waals surface area contributed by atoms with Crippen LogP contribution >= 0.6 is 0 Å². The highest BCUT2D eigenvalue weighted by Crippen LogP contribution is 1.87. The third-order valence-corrected chi connectivity index (χ3v) is 3.84. The van der Waals surface area contributed by atoms with Crippen molar-refractivity contribution in [1.82, 2.24) is 0 Å². The van der Waals surface area contributed by atoms with Gasteiger partial charge in [0.1, 0.15) is 13.2 Å². The average Bonchev–Trinajstić information content (AvgIpc) is 2.87. The van der Waals surface area contributed by atoms with Gasteiger partial charge in [-0.2, -0.15) is 0 Å². The molecule has 0 saturated heterocycles. The van der Waals surface area contributed by atoms with Gasteiger partial charge >= 0.3 is 11.9 Å². The molecular weight excluding hydrogens is 484 g/mol. The second kappa shape index (κ2) is 29.5. The summed E-state index contributed by atoms with van der Waals surface area (Å²) in [6, 6.07) is 0. The first-order chi connectivity index (χ1) is 17.7. The number of carbonyl (C=O) groups is 2. The van der Waals surface area contributed by atoms with E-state index in [9.17, 15) is 9.59 Å². The molecule has 0 aliphatic rings. The van der Waals surface area contributed by atoms with Gasteiger partial charge in [0.2, 0.25) is 0 Å². The molecule has 0 aromatic rings. The lowest BCUT2D eigenvalue weighted by molar-refractivity contribution is -0.143. The Bertz CT molecular complexity index is 504. The van der Waals surface area contributed by atoms with Crippen LogP contribution in [0.25, 0.3) is 0 Å². The maximum atomic E-state index is 10.8. The Morgan fingerprint density at radius 2 is 0.722 bits per heavy atom. The largest absolute Gasteiger partial charge is 0.480 e. The van der Waals surface area contributed by atoms with Crippen LogP contribution < -0.4 is 0 Å². The van der Waals surface area contributed by atoms with Gasteiger partial charge in [-0.15, -0.1) is 0 Å². The third-order valence-electron chi connectivity index (χ3n) is 3.84. The standard InChI is InChI=1S/C23H42O13/c1-2-23(26)36-20-19-34-16-15-32-12-11-30-8-7-28-4-3-27-5-6-29-9-10-31-13-14-33-17-18-35-21-22(24)25/h2H,1,3-21H2,(H,24,25). The second-order valence-electron chi connectivity index (χ2n) is 6.72. The Labute approximate surface area is 212 Å². The summed E-state index contributed by atoms with van der Waals surface area (Å²) in [6.45, 7) is 10.4. The monoisotopic (exact) mass is 526 g/mol. The lowest BCUT2D eigenvalue weighted by atomic mass is 10.6. The van der Waals surface area contributed by atoms with Crippen molar-refractivity contribution in [3.63, 3.8) is 0 Å². The number of carboxylic acids is 1. The Morgan fingerprint density at radius 1 is 0.472 bits per heavy atom. The molecular formula is C23H42O13. The van der Waals surface area contributed by atoms with Gasteiger partial charge in [-0.25, -0.2) is 9.59 Å². The van der Waals surface area contributed by atoms with Gasteiger partial charge in [0.25, 0.3) is 0 Å². The van der Waals surface area contributed by atoms with Crippen molar-refractivity contribution >= 4 is 11.9 Å². The van der Waals surface area contributed by atoms with E-state index in [1.165, 1.54) is 0 Å². The van der Waals surface area contributed by atoms with Crippen molar-refractivity contribution in [1.29, 1.82) is 0 Å². The molecule has 0 saturated carbocycles. The lowest BCUT2D eigenvalue weighted by Crippen LogP contribution is -2.15. The molecule has 0 aromatic heterocycles. The molecule has 0 spiro atoms. The summed E-state index contributed by atoms with van der Waals surface area (Å²) < 4.78 is 52.3. The molecule has 0 rings (SSSR count). The highest BCUT2D eigenvalue weighted by atomic mass is 16.6. The van der Waals surface area contributed by atoms with E-state index in [0.29, 0.717) is 106 Å². The molecule has 0 aliphatic carbocycles. The van der Waals surface area contributed by atoms with Crippen LogP contribution in [0.3, 0.4) is 0 Å². The van der Waals surface area contributed by atoms with E-state index in [0.717, 1.165) is 6.08 Å². The molecule has 1 N–H and O–H groups in total. The zero-order valence-corrected chi connectivity index (χ0v) is 21.1. The summed E-state index contributed by atoms with van der Waals surface area (Å²) >= 11 is 0. The Balaban J connectivity index is 3.05. The van der Waals surface area contributed by atoms with E-state index >= 15 is 0 Å². The predicted molar refractivity (Wildman–Crippen MR) is 126 cm³/mol. The van der Waals surface area contributed by atoms with E-state index < -0.39 is 11.9 Å². The molecule has 0 amide bonds. The van der Waals surface area contributed by atoms with E-state index in [-0.39, 0.29) is 19.8 Å². The molecule has 0 heterocycles. The Kier molecular flexibility index (Phi) is 28.2. The normalized spacial score (nSPS) is 11.0. The number of esters is 1. The molecule has 0 fully saturated rings. The number of hydrogen-bond acceptors (Lipinski definition) is 12. The molecule has 13 nitrogen and oxygen atoms in total. The van der Waals surface area contributed by atoms with Crippen LogP contribution in [0.15, 0.2) is 12.7 Å². The Morgan fingerprint density at radius 3 is 0.972 bits per heavy atom. The lowest BCUT2D eigenvalue weighted by Gasteiger charge is -2.08. The van der Waals surface area contributed by atoms with E-state index in [4.69, 9.17) is 52.5 Å². The average molecular weight is 527 g/mol. The number of aliphatic carboxylic acids is 1. The zero-order chi connectivity index (χ0) is 26.4. The first kappa shape index (κ1) is 34.3. The summed E-state index contributed by atoms with van der Waals surface area (Å²) in [5, 5.41) is 8.39. The fourth-order valence-corrected chi connectivity index (χ4v) is 2.18. The van der Waals surface area contributed by atoms with Gasteiger partial charge in [-0.1, -0.05) is 6.58 Å². The second-order valence-corrected chi connectivity index (χ2v) is 6.72. The van der Waals surface area contributed by atoms with E-state index in [1.54, 1.807) is 0 Å². The van der Waals surface area contributed by atoms with Crippen LogP contribution in [-0.2, 0) is 57.0 Å². The smallest absolute Gasteiger partial charge is 0.330 e. The van der Waals surface area contributed by atoms with Crippen LogP contribution in [0.2, 0.25) is 0 Å². The molecule has 0 aliphatic heterocycles. The fourth-order valence-electron chi connectivity index (χ4n) is 2.18. The van der Waals surface area contributed by atoms with E-state index in [2.05, 4.69) is 6.58 Å². The van der Waals surface area contributed by atoms with Crippen LogP contribution in [0, 0.1) is 0 Å². The molecule has 13 heteroatoms. The molecule has 212 valence electrons.